The van der Waals surface area contributed by atoms with Crippen LogP contribution in [0.3, 0.4) is 0 Å². The van der Waals surface area contributed by atoms with Gasteiger partial charge in [0.2, 0.25) is 0 Å². The molecular formula is C12H11F4NO2. The van der Waals surface area contributed by atoms with Crippen molar-refractivity contribution < 1.29 is 27.5 Å². The fourth-order valence-electron chi connectivity index (χ4n) is 2.51. The van der Waals surface area contributed by atoms with Gasteiger partial charge in [0.25, 0.3) is 0 Å². The van der Waals surface area contributed by atoms with Crippen molar-refractivity contribution in [1.82, 2.24) is 0 Å². The van der Waals surface area contributed by atoms with Crippen molar-refractivity contribution in [2.24, 2.45) is 5.73 Å². The Labute approximate surface area is 106 Å². The molecule has 3 nitrogen and oxygen atoms in total. The molecule has 1 aromatic rings. The van der Waals surface area contributed by atoms with E-state index in [1.54, 1.807) is 0 Å². The molecule has 0 radical (unpaired) electrons. The number of carbonyl (C=O) groups is 1. The molecule has 1 aromatic carbocycles. The Hall–Kier alpha value is -1.63. The Bertz CT molecular complexity index is 524. The summed E-state index contributed by atoms with van der Waals surface area (Å²) in [7, 11) is 0. The predicted octanol–water partition coefficient (Wildman–Crippen LogP) is 2.67. The first-order chi connectivity index (χ1) is 8.79. The van der Waals surface area contributed by atoms with Gasteiger partial charge in [-0.2, -0.15) is 0 Å². The van der Waals surface area contributed by atoms with Crippen LogP contribution < -0.4 is 5.73 Å². The zero-order valence-corrected chi connectivity index (χ0v) is 9.77. The zero-order chi connectivity index (χ0) is 14.4. The average molecular weight is 277 g/mol. The van der Waals surface area contributed by atoms with Gasteiger partial charge in [-0.25, -0.2) is 22.4 Å². The summed E-state index contributed by atoms with van der Waals surface area (Å²) >= 11 is 0. The lowest BCUT2D eigenvalue weighted by atomic mass is 9.87. The van der Waals surface area contributed by atoms with E-state index in [0.29, 0.717) is 12.8 Å². The Balaban J connectivity index is 2.74. The van der Waals surface area contributed by atoms with E-state index in [2.05, 4.69) is 0 Å². The monoisotopic (exact) mass is 277 g/mol. The zero-order valence-electron chi connectivity index (χ0n) is 9.77. The Morgan fingerprint density at radius 2 is 1.42 bits per heavy atom. The molecular weight excluding hydrogens is 266 g/mol. The molecule has 3 N–H and O–H groups in total. The van der Waals surface area contributed by atoms with Gasteiger partial charge in [-0.15, -0.1) is 0 Å². The van der Waals surface area contributed by atoms with E-state index in [9.17, 15) is 22.4 Å². The maximum atomic E-state index is 13.8. The molecule has 1 aliphatic carbocycles. The van der Waals surface area contributed by atoms with E-state index in [1.807, 2.05) is 0 Å². The van der Waals surface area contributed by atoms with Crippen LogP contribution in [-0.2, 0) is 5.54 Å². The summed E-state index contributed by atoms with van der Waals surface area (Å²) in [5, 5.41) is 8.57. The third-order valence-corrected chi connectivity index (χ3v) is 3.47. The first kappa shape index (κ1) is 13.8. The topological polar surface area (TPSA) is 63.3 Å². The van der Waals surface area contributed by atoms with Crippen molar-refractivity contribution >= 4 is 5.97 Å². The van der Waals surface area contributed by atoms with Gasteiger partial charge in [-0.3, -0.25) is 0 Å². The van der Waals surface area contributed by atoms with Crippen molar-refractivity contribution in [2.75, 3.05) is 0 Å². The fraction of sp³-hybridized carbons (Fsp3) is 0.417. The fourth-order valence-corrected chi connectivity index (χ4v) is 2.51. The van der Waals surface area contributed by atoms with Crippen molar-refractivity contribution in [1.29, 1.82) is 0 Å². The first-order valence-corrected chi connectivity index (χ1v) is 5.68. The molecule has 0 heterocycles. The Kier molecular flexibility index (Phi) is 3.25. The number of hydrogen-bond donors (Lipinski definition) is 2. The van der Waals surface area contributed by atoms with Crippen LogP contribution >= 0.6 is 0 Å². The molecule has 19 heavy (non-hydrogen) atoms. The lowest BCUT2D eigenvalue weighted by molar-refractivity contribution is 0.0683. The molecule has 7 heteroatoms. The maximum absolute atomic E-state index is 13.8. The average Bonchev–Trinajstić information content (AvgIpc) is 2.74. The smallest absolute Gasteiger partial charge is 0.341 e. The minimum absolute atomic E-state index is 0.187. The first-order valence-electron chi connectivity index (χ1n) is 5.68. The summed E-state index contributed by atoms with van der Waals surface area (Å²) < 4.78 is 54.8. The van der Waals surface area contributed by atoms with Gasteiger partial charge in [-0.05, 0) is 12.8 Å². The molecule has 0 unspecified atom stereocenters. The number of hydrogen-bond acceptors (Lipinski definition) is 2. The largest absolute Gasteiger partial charge is 0.477 e. The van der Waals surface area contributed by atoms with Gasteiger partial charge >= 0.3 is 5.97 Å². The van der Waals surface area contributed by atoms with Gasteiger partial charge in [-0.1, -0.05) is 12.8 Å². The number of benzene rings is 1. The van der Waals surface area contributed by atoms with Crippen molar-refractivity contribution in [3.05, 3.63) is 34.4 Å². The Morgan fingerprint density at radius 3 is 1.79 bits per heavy atom. The van der Waals surface area contributed by atoms with Crippen LogP contribution in [0, 0.1) is 23.3 Å². The minimum Gasteiger partial charge on any atom is -0.477 e. The third-order valence-electron chi connectivity index (χ3n) is 3.47. The Morgan fingerprint density at radius 1 is 1.00 bits per heavy atom. The number of aromatic carboxylic acids is 1. The summed E-state index contributed by atoms with van der Waals surface area (Å²) in [6.07, 6.45) is 1.54. The van der Waals surface area contributed by atoms with Crippen molar-refractivity contribution in [3.8, 4) is 0 Å². The molecule has 0 aromatic heterocycles. The van der Waals surface area contributed by atoms with E-state index in [4.69, 9.17) is 10.8 Å². The van der Waals surface area contributed by atoms with E-state index >= 15 is 0 Å². The van der Waals surface area contributed by atoms with Crippen LogP contribution in [0.2, 0.25) is 0 Å². The summed E-state index contributed by atoms with van der Waals surface area (Å²) in [5.41, 5.74) is 1.76. The van der Waals surface area contributed by atoms with Gasteiger partial charge in [0.05, 0.1) is 0 Å². The van der Waals surface area contributed by atoms with Crippen molar-refractivity contribution in [3.63, 3.8) is 0 Å². The molecule has 0 saturated heterocycles. The highest BCUT2D eigenvalue weighted by atomic mass is 19.2. The molecule has 0 bridgehead atoms. The molecule has 2 rings (SSSR count). The highest BCUT2D eigenvalue weighted by Crippen LogP contribution is 2.40. The predicted molar refractivity (Wildman–Crippen MR) is 57.6 cm³/mol. The van der Waals surface area contributed by atoms with Gasteiger partial charge in [0, 0.05) is 11.1 Å². The van der Waals surface area contributed by atoms with E-state index in [0.717, 1.165) is 0 Å². The highest BCUT2D eigenvalue weighted by Gasteiger charge is 2.41. The van der Waals surface area contributed by atoms with Crippen molar-refractivity contribution in [2.45, 2.75) is 31.2 Å². The van der Waals surface area contributed by atoms with Crippen LogP contribution in [0.15, 0.2) is 0 Å². The molecule has 1 fully saturated rings. The quantitative estimate of drug-likeness (QED) is 0.645. The highest BCUT2D eigenvalue weighted by molar-refractivity contribution is 5.88. The molecule has 0 aliphatic heterocycles. The number of halogens is 4. The molecule has 0 atom stereocenters. The number of nitrogens with two attached hydrogens (primary N) is 1. The number of rotatable bonds is 2. The number of carboxylic acid groups (broad SMARTS) is 1. The summed E-state index contributed by atoms with van der Waals surface area (Å²) in [5.74, 6) is -9.35. The van der Waals surface area contributed by atoms with Crippen LogP contribution in [0.1, 0.15) is 41.6 Å². The second-order valence-corrected chi connectivity index (χ2v) is 4.67. The standard InChI is InChI=1S/C12H11F4NO2/c13-7-5(11(18)19)8(14)10(16)6(9(7)15)12(17)3-1-2-4-12/h1-4,17H2,(H,18,19). The molecule has 0 spiro atoms. The molecule has 1 aliphatic rings. The lowest BCUT2D eigenvalue weighted by Gasteiger charge is -2.26. The second-order valence-electron chi connectivity index (χ2n) is 4.67. The molecule has 0 amide bonds. The van der Waals surface area contributed by atoms with Crippen LogP contribution in [0.5, 0.6) is 0 Å². The van der Waals surface area contributed by atoms with Gasteiger partial charge in [0.1, 0.15) is 5.56 Å². The molecule has 1 saturated carbocycles. The van der Waals surface area contributed by atoms with E-state index in [1.165, 1.54) is 0 Å². The van der Waals surface area contributed by atoms with E-state index in [-0.39, 0.29) is 12.8 Å². The summed E-state index contributed by atoms with van der Waals surface area (Å²) in [6.45, 7) is 0. The lowest BCUT2D eigenvalue weighted by Crippen LogP contribution is -2.36. The summed E-state index contributed by atoms with van der Waals surface area (Å²) in [6, 6.07) is 0. The maximum Gasteiger partial charge on any atom is 0.341 e. The van der Waals surface area contributed by atoms with Gasteiger partial charge < -0.3 is 10.8 Å². The summed E-state index contributed by atoms with van der Waals surface area (Å²) in [4.78, 5) is 10.6. The third kappa shape index (κ3) is 1.98. The van der Waals surface area contributed by atoms with Crippen LogP contribution in [-0.4, -0.2) is 11.1 Å². The minimum atomic E-state index is -2.07. The molecule has 104 valence electrons. The normalized spacial score (nSPS) is 17.7. The SMILES string of the molecule is NC1(c2c(F)c(F)c(C(=O)O)c(F)c2F)CCCC1. The van der Waals surface area contributed by atoms with Crippen LogP contribution in [0.25, 0.3) is 0 Å². The van der Waals surface area contributed by atoms with Gasteiger partial charge in [0.15, 0.2) is 23.3 Å². The number of carboxylic acids is 1. The van der Waals surface area contributed by atoms with Crippen LogP contribution in [0.4, 0.5) is 17.6 Å². The second kappa shape index (κ2) is 4.48. The van der Waals surface area contributed by atoms with E-state index < -0.39 is 45.9 Å².